The minimum atomic E-state index is -0.541. The lowest BCUT2D eigenvalue weighted by Gasteiger charge is -2.14. The fourth-order valence-electron chi connectivity index (χ4n) is 3.21. The molecule has 0 radical (unpaired) electrons. The van der Waals surface area contributed by atoms with Crippen LogP contribution in [0.2, 0.25) is 0 Å². The zero-order valence-electron chi connectivity index (χ0n) is 19.0. The molecule has 8 heteroatoms. The number of nitro benzene ring substituents is 1. The van der Waals surface area contributed by atoms with Crippen molar-refractivity contribution < 1.29 is 19.2 Å². The fraction of sp³-hybridized carbons (Fsp3) is 0.154. The Morgan fingerprint density at radius 1 is 1.12 bits per heavy atom. The van der Waals surface area contributed by atoms with Crippen LogP contribution in [0.5, 0.6) is 11.5 Å². The van der Waals surface area contributed by atoms with Crippen LogP contribution in [0.25, 0.3) is 6.08 Å². The lowest BCUT2D eigenvalue weighted by atomic mass is 10.1. The number of anilines is 1. The number of nitrogens with zero attached hydrogens (tertiary/aromatic N) is 2. The summed E-state index contributed by atoms with van der Waals surface area (Å²) >= 11 is 0. The summed E-state index contributed by atoms with van der Waals surface area (Å²) in [5.74, 6) is 0.221. The van der Waals surface area contributed by atoms with Crippen LogP contribution in [-0.2, 0) is 11.4 Å². The van der Waals surface area contributed by atoms with Gasteiger partial charge in [-0.15, -0.1) is 0 Å². The Kier molecular flexibility index (Phi) is 7.62. The van der Waals surface area contributed by atoms with Gasteiger partial charge in [0.2, 0.25) is 0 Å². The number of benzene rings is 3. The molecule has 172 valence electrons. The van der Waals surface area contributed by atoms with E-state index >= 15 is 0 Å². The summed E-state index contributed by atoms with van der Waals surface area (Å²) in [6, 6.07) is 18.6. The monoisotopic (exact) mass is 457 g/mol. The first-order valence-electron chi connectivity index (χ1n) is 10.4. The van der Waals surface area contributed by atoms with Crippen molar-refractivity contribution in [3.63, 3.8) is 0 Å². The minimum Gasteiger partial charge on any atom is -0.493 e. The van der Waals surface area contributed by atoms with Gasteiger partial charge in [-0.2, -0.15) is 5.26 Å². The largest absolute Gasteiger partial charge is 0.493 e. The van der Waals surface area contributed by atoms with E-state index in [-0.39, 0.29) is 17.9 Å². The average molecular weight is 457 g/mol. The number of carbonyl (C=O) groups excluding carboxylic acids is 1. The summed E-state index contributed by atoms with van der Waals surface area (Å²) in [5, 5.41) is 23.3. The van der Waals surface area contributed by atoms with Gasteiger partial charge in [-0.25, -0.2) is 0 Å². The number of amides is 1. The molecule has 0 aliphatic rings. The van der Waals surface area contributed by atoms with E-state index in [9.17, 15) is 20.2 Å². The number of nitrogens with one attached hydrogen (secondary N) is 1. The molecule has 0 aromatic heterocycles. The Morgan fingerprint density at radius 2 is 1.82 bits per heavy atom. The normalized spacial score (nSPS) is 10.8. The van der Waals surface area contributed by atoms with Crippen molar-refractivity contribution in [2.45, 2.75) is 20.5 Å². The number of methoxy groups -OCH3 is 1. The first kappa shape index (κ1) is 24.0. The number of hydrogen-bond donors (Lipinski definition) is 1. The predicted molar refractivity (Wildman–Crippen MR) is 129 cm³/mol. The predicted octanol–water partition coefficient (Wildman–Crippen LogP) is 5.34. The molecule has 8 nitrogen and oxygen atoms in total. The van der Waals surface area contributed by atoms with E-state index in [1.807, 2.05) is 32.0 Å². The molecular weight excluding hydrogens is 434 g/mol. The van der Waals surface area contributed by atoms with Crippen LogP contribution in [0.15, 0.2) is 66.2 Å². The maximum absolute atomic E-state index is 12.8. The Hall–Kier alpha value is -4.64. The Labute approximate surface area is 197 Å². The third-order valence-corrected chi connectivity index (χ3v) is 5.28. The summed E-state index contributed by atoms with van der Waals surface area (Å²) in [7, 11) is 1.49. The minimum absolute atomic E-state index is 0.0156. The molecule has 0 spiro atoms. The molecule has 34 heavy (non-hydrogen) atoms. The van der Waals surface area contributed by atoms with Crippen molar-refractivity contribution in [1.82, 2.24) is 0 Å². The van der Waals surface area contributed by atoms with Crippen LogP contribution in [0.3, 0.4) is 0 Å². The summed E-state index contributed by atoms with van der Waals surface area (Å²) in [6.45, 7) is 3.94. The van der Waals surface area contributed by atoms with Gasteiger partial charge in [0.1, 0.15) is 18.2 Å². The van der Waals surface area contributed by atoms with Gasteiger partial charge in [-0.3, -0.25) is 14.9 Å². The van der Waals surface area contributed by atoms with E-state index in [2.05, 4.69) is 5.32 Å². The third kappa shape index (κ3) is 5.58. The van der Waals surface area contributed by atoms with E-state index in [1.165, 1.54) is 25.3 Å². The van der Waals surface area contributed by atoms with Crippen LogP contribution in [0.4, 0.5) is 11.4 Å². The number of carbonyl (C=O) groups is 1. The van der Waals surface area contributed by atoms with Crippen molar-refractivity contribution in [2.75, 3.05) is 12.4 Å². The lowest BCUT2D eigenvalue weighted by molar-refractivity contribution is -0.384. The molecule has 1 N–H and O–H groups in total. The van der Waals surface area contributed by atoms with E-state index in [0.29, 0.717) is 28.3 Å². The molecule has 3 aromatic carbocycles. The van der Waals surface area contributed by atoms with E-state index in [4.69, 9.17) is 9.47 Å². The molecule has 0 aliphatic heterocycles. The van der Waals surface area contributed by atoms with Crippen molar-refractivity contribution >= 4 is 23.4 Å². The van der Waals surface area contributed by atoms with Crippen molar-refractivity contribution in [3.05, 3.63) is 98.6 Å². The van der Waals surface area contributed by atoms with Crippen LogP contribution in [0.1, 0.15) is 22.3 Å². The second-order valence-electron chi connectivity index (χ2n) is 7.46. The Balaban J connectivity index is 1.87. The number of rotatable bonds is 8. The van der Waals surface area contributed by atoms with Crippen LogP contribution in [0, 0.1) is 35.3 Å². The van der Waals surface area contributed by atoms with Gasteiger partial charge in [-0.05, 0) is 60.9 Å². The molecule has 3 rings (SSSR count). The molecule has 0 fully saturated rings. The number of non-ortho nitro benzene ring substituents is 1. The highest BCUT2D eigenvalue weighted by atomic mass is 16.6. The smallest absolute Gasteiger partial charge is 0.269 e. The zero-order chi connectivity index (χ0) is 24.7. The van der Waals surface area contributed by atoms with Gasteiger partial charge in [0.15, 0.2) is 11.5 Å². The van der Waals surface area contributed by atoms with Crippen molar-refractivity contribution in [3.8, 4) is 17.6 Å². The second kappa shape index (κ2) is 10.8. The Morgan fingerprint density at radius 3 is 2.47 bits per heavy atom. The second-order valence-corrected chi connectivity index (χ2v) is 7.46. The van der Waals surface area contributed by atoms with Gasteiger partial charge in [-0.1, -0.05) is 24.3 Å². The highest BCUT2D eigenvalue weighted by Crippen LogP contribution is 2.33. The van der Waals surface area contributed by atoms with E-state index in [0.717, 1.165) is 11.1 Å². The SMILES string of the molecule is COc1cccc(/C=C(\C#N)C(=O)Nc2cccc(C)c2C)c1OCc1ccc([N+](=O)[O-])cc1. The maximum atomic E-state index is 12.8. The van der Waals surface area contributed by atoms with Crippen LogP contribution >= 0.6 is 0 Å². The highest BCUT2D eigenvalue weighted by Gasteiger charge is 2.15. The number of para-hydroxylation sites is 1. The van der Waals surface area contributed by atoms with Gasteiger partial charge in [0.05, 0.1) is 12.0 Å². The summed E-state index contributed by atoms with van der Waals surface area (Å²) in [6.07, 6.45) is 1.44. The fourth-order valence-corrected chi connectivity index (χ4v) is 3.21. The maximum Gasteiger partial charge on any atom is 0.269 e. The molecule has 0 saturated heterocycles. The molecule has 0 heterocycles. The topological polar surface area (TPSA) is 114 Å². The molecule has 0 atom stereocenters. The number of ether oxygens (including phenoxy) is 2. The molecule has 0 unspecified atom stereocenters. The highest BCUT2D eigenvalue weighted by molar-refractivity contribution is 6.10. The summed E-state index contributed by atoms with van der Waals surface area (Å²) in [4.78, 5) is 23.2. The van der Waals surface area contributed by atoms with E-state index in [1.54, 1.807) is 36.4 Å². The summed E-state index contributed by atoms with van der Waals surface area (Å²) in [5.41, 5.74) is 3.64. The number of nitriles is 1. The number of nitro groups is 1. The van der Waals surface area contributed by atoms with Crippen molar-refractivity contribution in [2.24, 2.45) is 0 Å². The molecule has 1 amide bonds. The van der Waals surface area contributed by atoms with Gasteiger partial charge in [0.25, 0.3) is 11.6 Å². The van der Waals surface area contributed by atoms with Crippen LogP contribution < -0.4 is 14.8 Å². The van der Waals surface area contributed by atoms with Crippen molar-refractivity contribution in [1.29, 1.82) is 5.26 Å². The number of hydrogen-bond acceptors (Lipinski definition) is 6. The summed E-state index contributed by atoms with van der Waals surface area (Å²) < 4.78 is 11.3. The number of aryl methyl sites for hydroxylation is 1. The quantitative estimate of drug-likeness (QED) is 0.211. The Bertz CT molecular complexity index is 1290. The molecule has 0 saturated carbocycles. The molecular formula is C26H23N3O5. The van der Waals surface area contributed by atoms with Gasteiger partial charge < -0.3 is 14.8 Å². The standard InChI is InChI=1S/C26H23N3O5/c1-17-6-4-8-23(18(17)2)28-26(30)21(15-27)14-20-7-5-9-24(33-3)25(20)34-16-19-10-12-22(13-11-19)29(31)32/h4-14H,16H2,1-3H3,(H,28,30)/b21-14+. The molecule has 0 bridgehead atoms. The average Bonchev–Trinajstić information content (AvgIpc) is 2.84. The van der Waals surface area contributed by atoms with Gasteiger partial charge >= 0.3 is 0 Å². The third-order valence-electron chi connectivity index (χ3n) is 5.28. The van der Waals surface area contributed by atoms with Crippen LogP contribution in [-0.4, -0.2) is 17.9 Å². The first-order chi connectivity index (χ1) is 16.3. The first-order valence-corrected chi connectivity index (χ1v) is 10.4. The zero-order valence-corrected chi connectivity index (χ0v) is 19.0. The molecule has 0 aliphatic carbocycles. The van der Waals surface area contributed by atoms with E-state index < -0.39 is 10.8 Å². The lowest BCUT2D eigenvalue weighted by Crippen LogP contribution is -2.14. The molecule has 3 aromatic rings. The van der Waals surface area contributed by atoms with Gasteiger partial charge in [0, 0.05) is 23.4 Å².